The summed E-state index contributed by atoms with van der Waals surface area (Å²) in [6.45, 7) is 3.95. The van der Waals surface area contributed by atoms with Crippen LogP contribution in [-0.2, 0) is 9.53 Å². The number of carbonyl (C=O) groups is 1. The maximum absolute atomic E-state index is 12.3. The van der Waals surface area contributed by atoms with Crippen LogP contribution in [0.4, 0.5) is 11.4 Å². The Hall–Kier alpha value is -1.99. The van der Waals surface area contributed by atoms with Crippen LogP contribution < -0.4 is 5.32 Å². The summed E-state index contributed by atoms with van der Waals surface area (Å²) >= 11 is 0. The minimum Gasteiger partial charge on any atom is -0.375 e. The Labute approximate surface area is 147 Å². The molecule has 25 heavy (non-hydrogen) atoms. The summed E-state index contributed by atoms with van der Waals surface area (Å²) in [5.41, 5.74) is 1.02. The van der Waals surface area contributed by atoms with Gasteiger partial charge in [-0.15, -0.1) is 0 Å². The highest BCUT2D eigenvalue weighted by atomic mass is 16.6. The second-order valence-electron chi connectivity index (χ2n) is 6.80. The van der Waals surface area contributed by atoms with Crippen LogP contribution in [0.2, 0.25) is 0 Å². The fourth-order valence-electron chi connectivity index (χ4n) is 3.87. The van der Waals surface area contributed by atoms with Crippen molar-refractivity contribution in [1.29, 1.82) is 0 Å². The highest BCUT2D eigenvalue weighted by Gasteiger charge is 2.34. The minimum absolute atomic E-state index is 0.0241. The third-order valence-corrected chi connectivity index (χ3v) is 5.25. The molecule has 3 rings (SSSR count). The standard InChI is InChI=1S/C18H25N3O4/c1-13-14(5-4-7-15(13)21(23)24)19-18(22)9-10-20-11-12-25-17-8-3-2-6-16(17)20/h4-5,7,16-17H,2-3,6,8-12H2,1H3,(H,19,22). The van der Waals surface area contributed by atoms with Crippen molar-refractivity contribution in [3.63, 3.8) is 0 Å². The Kier molecular flexibility index (Phi) is 5.65. The van der Waals surface area contributed by atoms with Crippen LogP contribution in [-0.4, -0.2) is 47.6 Å². The van der Waals surface area contributed by atoms with E-state index in [1.807, 2.05) is 0 Å². The van der Waals surface area contributed by atoms with Gasteiger partial charge in [-0.25, -0.2) is 0 Å². The van der Waals surface area contributed by atoms with Crippen molar-refractivity contribution in [2.45, 2.75) is 51.2 Å². The number of nitro groups is 1. The van der Waals surface area contributed by atoms with E-state index in [9.17, 15) is 14.9 Å². The molecular formula is C18H25N3O4. The third kappa shape index (κ3) is 4.16. The van der Waals surface area contributed by atoms with E-state index in [2.05, 4.69) is 10.2 Å². The molecular weight excluding hydrogens is 322 g/mol. The molecule has 1 saturated heterocycles. The molecule has 0 aromatic heterocycles. The van der Waals surface area contributed by atoms with Crippen LogP contribution in [0, 0.1) is 17.0 Å². The lowest BCUT2D eigenvalue weighted by molar-refractivity contribution is -0.385. The SMILES string of the molecule is Cc1c(NC(=O)CCN2CCOC3CCCCC32)cccc1[N+](=O)[O-]. The fourth-order valence-corrected chi connectivity index (χ4v) is 3.87. The highest BCUT2D eigenvalue weighted by Crippen LogP contribution is 2.29. The summed E-state index contributed by atoms with van der Waals surface area (Å²) in [5, 5.41) is 13.8. The smallest absolute Gasteiger partial charge is 0.274 e. The van der Waals surface area contributed by atoms with E-state index in [1.54, 1.807) is 19.1 Å². The lowest BCUT2D eigenvalue weighted by atomic mass is 9.90. The Morgan fingerprint density at radius 3 is 3.00 bits per heavy atom. The number of nitrogens with one attached hydrogen (secondary N) is 1. The molecule has 1 amide bonds. The third-order valence-electron chi connectivity index (χ3n) is 5.25. The van der Waals surface area contributed by atoms with Gasteiger partial charge in [-0.3, -0.25) is 19.8 Å². The molecule has 1 aliphatic carbocycles. The largest absolute Gasteiger partial charge is 0.375 e. The summed E-state index contributed by atoms with van der Waals surface area (Å²) < 4.78 is 5.86. The molecule has 1 aromatic carbocycles. The zero-order valence-electron chi connectivity index (χ0n) is 14.6. The molecule has 1 N–H and O–H groups in total. The van der Waals surface area contributed by atoms with Crippen molar-refractivity contribution >= 4 is 17.3 Å². The van der Waals surface area contributed by atoms with E-state index in [1.165, 1.54) is 18.9 Å². The highest BCUT2D eigenvalue weighted by molar-refractivity contribution is 5.92. The van der Waals surface area contributed by atoms with Gasteiger partial charge in [0.2, 0.25) is 5.91 Å². The van der Waals surface area contributed by atoms with Gasteiger partial charge in [0.05, 0.1) is 28.9 Å². The number of rotatable bonds is 5. The van der Waals surface area contributed by atoms with Crippen molar-refractivity contribution in [3.8, 4) is 0 Å². The van der Waals surface area contributed by atoms with Crippen molar-refractivity contribution in [2.24, 2.45) is 0 Å². The molecule has 1 aliphatic heterocycles. The molecule has 0 bridgehead atoms. The maximum Gasteiger partial charge on any atom is 0.274 e. The number of nitrogens with zero attached hydrogens (tertiary/aromatic N) is 2. The monoisotopic (exact) mass is 347 g/mol. The summed E-state index contributed by atoms with van der Waals surface area (Å²) in [4.78, 5) is 25.2. The molecule has 0 radical (unpaired) electrons. The minimum atomic E-state index is -0.429. The number of benzene rings is 1. The molecule has 7 heteroatoms. The van der Waals surface area contributed by atoms with Crippen LogP contribution in [0.3, 0.4) is 0 Å². The van der Waals surface area contributed by atoms with Gasteiger partial charge < -0.3 is 10.1 Å². The van der Waals surface area contributed by atoms with Crippen LogP contribution in [0.25, 0.3) is 0 Å². The number of hydrogen-bond acceptors (Lipinski definition) is 5. The molecule has 1 aromatic rings. The molecule has 1 heterocycles. The predicted octanol–water partition coefficient (Wildman–Crippen LogP) is 2.88. The Morgan fingerprint density at radius 2 is 2.20 bits per heavy atom. The molecule has 2 unspecified atom stereocenters. The zero-order chi connectivity index (χ0) is 17.8. The second-order valence-corrected chi connectivity index (χ2v) is 6.80. The first kappa shape index (κ1) is 17.8. The maximum atomic E-state index is 12.3. The molecule has 2 fully saturated rings. The van der Waals surface area contributed by atoms with Crippen LogP contribution in [0.15, 0.2) is 18.2 Å². The Balaban J connectivity index is 1.56. The van der Waals surface area contributed by atoms with E-state index in [0.717, 1.165) is 26.0 Å². The Bertz CT molecular complexity index is 647. The van der Waals surface area contributed by atoms with Gasteiger partial charge >= 0.3 is 0 Å². The van der Waals surface area contributed by atoms with Gasteiger partial charge in [0.15, 0.2) is 0 Å². The van der Waals surface area contributed by atoms with Gasteiger partial charge in [0, 0.05) is 31.6 Å². The second kappa shape index (κ2) is 7.93. The number of morpholine rings is 1. The lowest BCUT2D eigenvalue weighted by Gasteiger charge is -2.43. The van der Waals surface area contributed by atoms with E-state index in [0.29, 0.717) is 36.4 Å². The van der Waals surface area contributed by atoms with Crippen molar-refractivity contribution in [2.75, 3.05) is 25.0 Å². The molecule has 1 saturated carbocycles. The van der Waals surface area contributed by atoms with Crippen LogP contribution >= 0.6 is 0 Å². The van der Waals surface area contributed by atoms with Gasteiger partial charge in [0.1, 0.15) is 0 Å². The number of carbonyl (C=O) groups excluding carboxylic acids is 1. The van der Waals surface area contributed by atoms with E-state index in [4.69, 9.17) is 4.74 Å². The summed E-state index contributed by atoms with van der Waals surface area (Å²) in [7, 11) is 0. The number of anilines is 1. The molecule has 7 nitrogen and oxygen atoms in total. The predicted molar refractivity (Wildman–Crippen MR) is 94.6 cm³/mol. The Morgan fingerprint density at radius 1 is 1.40 bits per heavy atom. The van der Waals surface area contributed by atoms with Gasteiger partial charge in [0.25, 0.3) is 5.69 Å². The van der Waals surface area contributed by atoms with Crippen molar-refractivity contribution in [3.05, 3.63) is 33.9 Å². The molecule has 136 valence electrons. The normalized spacial score (nSPS) is 23.7. The van der Waals surface area contributed by atoms with E-state index in [-0.39, 0.29) is 11.6 Å². The number of nitro benzene ring substituents is 1. The molecule has 2 aliphatic rings. The van der Waals surface area contributed by atoms with Gasteiger partial charge in [-0.1, -0.05) is 18.9 Å². The average molecular weight is 347 g/mol. The average Bonchev–Trinajstić information content (AvgIpc) is 2.61. The topological polar surface area (TPSA) is 84.7 Å². The number of ether oxygens (including phenoxy) is 1. The van der Waals surface area contributed by atoms with Crippen molar-refractivity contribution < 1.29 is 14.5 Å². The summed E-state index contributed by atoms with van der Waals surface area (Å²) in [5.74, 6) is -0.109. The zero-order valence-corrected chi connectivity index (χ0v) is 14.6. The van der Waals surface area contributed by atoms with Crippen LogP contribution in [0.1, 0.15) is 37.7 Å². The molecule has 0 spiro atoms. The quantitative estimate of drug-likeness (QED) is 0.654. The van der Waals surface area contributed by atoms with E-state index < -0.39 is 4.92 Å². The number of amides is 1. The first-order valence-corrected chi connectivity index (χ1v) is 8.96. The van der Waals surface area contributed by atoms with Crippen LogP contribution in [0.5, 0.6) is 0 Å². The first-order chi connectivity index (χ1) is 12.1. The fraction of sp³-hybridized carbons (Fsp3) is 0.611. The van der Waals surface area contributed by atoms with Crippen molar-refractivity contribution in [1.82, 2.24) is 4.90 Å². The molecule has 2 atom stereocenters. The summed E-state index contributed by atoms with van der Waals surface area (Å²) in [6.07, 6.45) is 5.38. The van der Waals surface area contributed by atoms with Gasteiger partial charge in [-0.2, -0.15) is 0 Å². The number of hydrogen-bond donors (Lipinski definition) is 1. The number of fused-ring (bicyclic) bond motifs is 1. The van der Waals surface area contributed by atoms with Gasteiger partial charge in [-0.05, 0) is 25.8 Å². The lowest BCUT2D eigenvalue weighted by Crippen LogP contribution is -2.53. The first-order valence-electron chi connectivity index (χ1n) is 8.96. The van der Waals surface area contributed by atoms with E-state index >= 15 is 0 Å². The summed E-state index contributed by atoms with van der Waals surface area (Å²) in [6, 6.07) is 5.17.